The first-order valence-electron chi connectivity index (χ1n) is 18.6. The van der Waals surface area contributed by atoms with Crippen LogP contribution in [-0.2, 0) is 33.2 Å². The van der Waals surface area contributed by atoms with Crippen molar-refractivity contribution in [3.8, 4) is 0 Å². The summed E-state index contributed by atoms with van der Waals surface area (Å²) < 4.78 is 35.2. The van der Waals surface area contributed by atoms with Crippen LogP contribution in [0.15, 0.2) is 40.3 Å². The number of nitrogens with zero attached hydrogens (tertiary/aromatic N) is 4. The van der Waals surface area contributed by atoms with Crippen LogP contribution in [0.3, 0.4) is 0 Å². The molecule has 2 fully saturated rings. The summed E-state index contributed by atoms with van der Waals surface area (Å²) in [5, 5.41) is 9.78. The molecule has 1 aromatic heterocycles. The van der Waals surface area contributed by atoms with Gasteiger partial charge in [-0.15, -0.1) is 0 Å². The van der Waals surface area contributed by atoms with Crippen molar-refractivity contribution in [1.82, 2.24) is 20.6 Å². The molecular weight excluding hydrogens is 670 g/mol. The van der Waals surface area contributed by atoms with Gasteiger partial charge in [0.15, 0.2) is 11.7 Å². The summed E-state index contributed by atoms with van der Waals surface area (Å²) in [5.41, 5.74) is 0.539. The molecule has 3 N–H and O–H groups in total. The monoisotopic (exact) mass is 725 g/mol. The number of amides is 2. The van der Waals surface area contributed by atoms with Crippen molar-refractivity contribution in [2.75, 3.05) is 78.3 Å². The summed E-state index contributed by atoms with van der Waals surface area (Å²) in [6.07, 6.45) is 5.18. The van der Waals surface area contributed by atoms with Crippen LogP contribution >= 0.6 is 0 Å². The summed E-state index contributed by atoms with van der Waals surface area (Å²) >= 11 is 0. The van der Waals surface area contributed by atoms with Gasteiger partial charge in [-0.3, -0.25) is 9.59 Å². The lowest BCUT2D eigenvalue weighted by Gasteiger charge is -2.32. The van der Waals surface area contributed by atoms with E-state index in [0.717, 1.165) is 51.6 Å². The van der Waals surface area contributed by atoms with Crippen molar-refractivity contribution < 1.29 is 38.0 Å². The predicted octanol–water partition coefficient (Wildman–Crippen LogP) is 1.88. The van der Waals surface area contributed by atoms with Gasteiger partial charge in [-0.05, 0) is 70.2 Å². The highest BCUT2D eigenvalue weighted by Crippen LogP contribution is 2.39. The van der Waals surface area contributed by atoms with Crippen molar-refractivity contribution in [2.45, 2.75) is 83.0 Å². The standard InChI is InChI=1S/C37H55N7O8/c1-4-37(28-12-8-9-13-28)35(46)41-30-26(2)40-36(42-31(30)44-37)43-33(34(47-3)52-19-18-39-32(45)27-10-6-5-7-11-27)51-25-23-49-21-20-48-22-24-50-29-14-16-38-17-15-29/h5-7,10-11,28-29,33-34,38H,4,8-9,12-25H2,1-3H3,(H,39,45)(H,42,43,44)/t33?,34?,37-/m1/s1. The minimum absolute atomic E-state index is 0.136. The normalized spacial score (nSPS) is 20.5. The van der Waals surface area contributed by atoms with E-state index in [0.29, 0.717) is 61.1 Å². The number of benzene rings is 1. The van der Waals surface area contributed by atoms with Crippen LogP contribution in [0.2, 0.25) is 0 Å². The van der Waals surface area contributed by atoms with Crippen LogP contribution in [0.25, 0.3) is 0 Å². The van der Waals surface area contributed by atoms with Crippen molar-refractivity contribution in [2.24, 2.45) is 15.9 Å². The number of hydrogen-bond donors (Lipinski definition) is 3. The van der Waals surface area contributed by atoms with Crippen LogP contribution < -0.4 is 26.8 Å². The molecule has 15 heteroatoms. The molecule has 5 rings (SSSR count). The smallest absolute Gasteiger partial charge is 0.274 e. The number of carbonyl (C=O) groups is 2. The highest BCUT2D eigenvalue weighted by Gasteiger charge is 2.46. The molecule has 3 aliphatic rings. The molecule has 2 aliphatic heterocycles. The number of aromatic nitrogens is 2. The van der Waals surface area contributed by atoms with Gasteiger partial charge in [-0.1, -0.05) is 38.0 Å². The van der Waals surface area contributed by atoms with E-state index >= 15 is 0 Å². The second-order valence-corrected chi connectivity index (χ2v) is 13.2. The lowest BCUT2D eigenvalue weighted by Crippen LogP contribution is -2.52. The highest BCUT2D eigenvalue weighted by atomic mass is 16.7. The fourth-order valence-electron chi connectivity index (χ4n) is 6.87. The van der Waals surface area contributed by atoms with Gasteiger partial charge >= 0.3 is 0 Å². The lowest BCUT2D eigenvalue weighted by atomic mass is 9.79. The Labute approximate surface area is 305 Å². The summed E-state index contributed by atoms with van der Waals surface area (Å²) in [7, 11) is 1.50. The number of ether oxygens (including phenoxy) is 6. The number of fused-ring (bicyclic) bond motifs is 1. The van der Waals surface area contributed by atoms with Gasteiger partial charge in [-0.25, -0.2) is 15.0 Å². The van der Waals surface area contributed by atoms with Crippen LogP contribution in [0, 0.1) is 12.8 Å². The van der Waals surface area contributed by atoms with Gasteiger partial charge in [0, 0.05) is 19.2 Å². The minimum Gasteiger partial charge on any atom is -0.377 e. The van der Waals surface area contributed by atoms with Gasteiger partial charge in [0.25, 0.3) is 11.8 Å². The number of piperidine rings is 1. The van der Waals surface area contributed by atoms with E-state index < -0.39 is 18.1 Å². The Kier molecular flexibility index (Phi) is 15.8. The zero-order chi connectivity index (χ0) is 36.6. The molecule has 0 spiro atoms. The average molecular weight is 726 g/mol. The van der Waals surface area contributed by atoms with E-state index in [4.69, 9.17) is 38.4 Å². The van der Waals surface area contributed by atoms with Gasteiger partial charge in [0.1, 0.15) is 10.9 Å². The second kappa shape index (κ2) is 20.7. The Balaban J connectivity index is 1.18. The minimum atomic E-state index is -0.916. The molecule has 1 aromatic carbocycles. The number of methoxy groups -OCH3 is 1. The van der Waals surface area contributed by atoms with Crippen LogP contribution in [0.1, 0.15) is 67.9 Å². The molecule has 1 saturated heterocycles. The van der Waals surface area contributed by atoms with E-state index in [1.807, 2.05) is 25.1 Å². The number of anilines is 1. The molecule has 0 radical (unpaired) electrons. The topological polar surface area (TPSA) is 176 Å². The molecule has 15 nitrogen and oxygen atoms in total. The predicted molar refractivity (Wildman–Crippen MR) is 191 cm³/mol. The first-order chi connectivity index (χ1) is 25.4. The Bertz CT molecular complexity index is 1540. The number of aryl methyl sites for hydroxylation is 1. The number of hydrogen-bond acceptors (Lipinski definition) is 13. The van der Waals surface area contributed by atoms with E-state index in [1.54, 1.807) is 19.1 Å². The van der Waals surface area contributed by atoms with Crippen LogP contribution in [0.5, 0.6) is 0 Å². The summed E-state index contributed by atoms with van der Waals surface area (Å²) in [4.78, 5) is 44.6. The van der Waals surface area contributed by atoms with Crippen molar-refractivity contribution >= 4 is 17.8 Å². The highest BCUT2D eigenvalue weighted by molar-refractivity contribution is 5.94. The fourth-order valence-corrected chi connectivity index (χ4v) is 6.87. The first-order valence-corrected chi connectivity index (χ1v) is 18.6. The van der Waals surface area contributed by atoms with E-state index in [9.17, 15) is 9.59 Å². The van der Waals surface area contributed by atoms with Crippen LogP contribution in [-0.4, -0.2) is 119 Å². The molecule has 1 saturated carbocycles. The fraction of sp³-hybridized carbons (Fsp3) is 0.676. The average Bonchev–Trinajstić information content (AvgIpc) is 3.72. The lowest BCUT2D eigenvalue weighted by molar-refractivity contribution is -0.188. The maximum absolute atomic E-state index is 13.4. The maximum Gasteiger partial charge on any atom is 0.274 e. The second-order valence-electron chi connectivity index (χ2n) is 13.2. The molecular formula is C37H55N7O8. The van der Waals surface area contributed by atoms with Gasteiger partial charge in [-0.2, -0.15) is 4.98 Å². The van der Waals surface area contributed by atoms with E-state index in [-0.39, 0.29) is 50.0 Å². The Morgan fingerprint density at radius 3 is 2.37 bits per heavy atom. The number of nitrogens with one attached hydrogen (secondary N) is 3. The molecule has 2 amide bonds. The van der Waals surface area contributed by atoms with Crippen molar-refractivity contribution in [3.63, 3.8) is 0 Å². The molecule has 2 aromatic rings. The summed E-state index contributed by atoms with van der Waals surface area (Å²) in [5.74, 6) is -0.0524. The van der Waals surface area contributed by atoms with Crippen LogP contribution in [0.4, 0.5) is 5.95 Å². The number of carbonyl (C=O) groups excluding carboxylic acids is 2. The SMILES string of the molecule is CC[C@]1(C2CCCC2)N=c2nc(NC(OCCOCCOCCOC3CCNCC3)C(OC)OCCNC(=O)c3ccccc3)nc(C)c2=NC1=O. The Morgan fingerprint density at radius 2 is 1.65 bits per heavy atom. The van der Waals surface area contributed by atoms with Crippen molar-refractivity contribution in [1.29, 1.82) is 0 Å². The number of rotatable bonds is 22. The molecule has 52 heavy (non-hydrogen) atoms. The Hall–Kier alpha value is -3.44. The third-order valence-corrected chi connectivity index (χ3v) is 9.72. The Morgan fingerprint density at radius 1 is 0.942 bits per heavy atom. The summed E-state index contributed by atoms with van der Waals surface area (Å²) in [6.45, 7) is 8.56. The van der Waals surface area contributed by atoms with Gasteiger partial charge in [0.05, 0.1) is 58.0 Å². The quantitative estimate of drug-likeness (QED) is 0.119. The molecule has 3 atom stereocenters. The van der Waals surface area contributed by atoms with E-state index in [2.05, 4.69) is 25.9 Å². The molecule has 286 valence electrons. The maximum atomic E-state index is 13.4. The molecule has 1 aliphatic carbocycles. The third kappa shape index (κ3) is 11.0. The zero-order valence-electron chi connectivity index (χ0n) is 30.8. The van der Waals surface area contributed by atoms with Gasteiger partial charge < -0.3 is 44.4 Å². The summed E-state index contributed by atoms with van der Waals surface area (Å²) in [6, 6.07) is 8.96. The van der Waals surface area contributed by atoms with Gasteiger partial charge in [0.2, 0.25) is 12.2 Å². The largest absolute Gasteiger partial charge is 0.377 e. The molecule has 0 bridgehead atoms. The zero-order valence-corrected chi connectivity index (χ0v) is 30.8. The third-order valence-electron chi connectivity index (χ3n) is 9.72. The first kappa shape index (κ1) is 39.8. The van der Waals surface area contributed by atoms with E-state index in [1.165, 1.54) is 7.11 Å². The molecule has 2 unspecified atom stereocenters. The van der Waals surface area contributed by atoms with Crippen molar-refractivity contribution in [3.05, 3.63) is 52.4 Å². The molecule has 3 heterocycles.